The minimum absolute atomic E-state index is 0. The van der Waals surface area contributed by atoms with E-state index in [9.17, 15) is 9.59 Å². The van der Waals surface area contributed by atoms with Gasteiger partial charge < -0.3 is 9.32 Å². The second-order valence-electron chi connectivity index (χ2n) is 6.39. The number of hydrogen-bond donors (Lipinski definition) is 0. The third-order valence-corrected chi connectivity index (χ3v) is 4.29. The monoisotopic (exact) mass is 496 g/mol. The van der Waals surface area contributed by atoms with Crippen molar-refractivity contribution >= 4 is 71.2 Å². The average Bonchev–Trinajstić information content (AvgIpc) is 3.00. The number of halogens is 4. The summed E-state index contributed by atoms with van der Waals surface area (Å²) in [7, 11) is 3.90. The van der Waals surface area contributed by atoms with Gasteiger partial charge in [0.15, 0.2) is 0 Å². The fourth-order valence-corrected chi connectivity index (χ4v) is 2.95. The molecule has 0 fully saturated rings. The van der Waals surface area contributed by atoms with Gasteiger partial charge in [0.25, 0.3) is 11.1 Å². The highest BCUT2D eigenvalue weighted by molar-refractivity contribution is 7.99. The Morgan fingerprint density at radius 3 is 2.46 bits per heavy atom. The highest BCUT2D eigenvalue weighted by Crippen LogP contribution is 2.27. The minimum atomic E-state index is -1.73. The minimum Gasteiger partial charge on any atom is -0.408 e. The van der Waals surface area contributed by atoms with E-state index in [0.717, 1.165) is 17.4 Å². The summed E-state index contributed by atoms with van der Waals surface area (Å²) in [4.78, 5) is 31.5. The Morgan fingerprint density at radius 2 is 1.96 bits per heavy atom. The van der Waals surface area contributed by atoms with E-state index in [1.54, 1.807) is 0 Å². The smallest absolute Gasteiger partial charge is 0.287 e. The standard InChI is InChI=1S/C15H23Cl3N4O4S.ClH/c1-10(2)7-11(22(9-23)25-8-15(16,17)18)12(24)13-19-20-14(26-13)27-6-5-21(3)4;/h9-11H,5-8H2,1-4H3;1H. The molecule has 13 heteroatoms. The van der Waals surface area contributed by atoms with Crippen LogP contribution in [0.2, 0.25) is 0 Å². The Kier molecular flexibility index (Phi) is 13.0. The number of hydroxylamine groups is 2. The Hall–Kier alpha value is -0.290. The van der Waals surface area contributed by atoms with Gasteiger partial charge in [0.1, 0.15) is 12.6 Å². The highest BCUT2D eigenvalue weighted by atomic mass is 35.6. The molecule has 162 valence electrons. The van der Waals surface area contributed by atoms with E-state index in [-0.39, 0.29) is 29.4 Å². The van der Waals surface area contributed by atoms with Crippen molar-refractivity contribution in [3.63, 3.8) is 0 Å². The molecular weight excluding hydrogens is 474 g/mol. The summed E-state index contributed by atoms with van der Waals surface area (Å²) in [6, 6.07) is -0.977. The van der Waals surface area contributed by atoms with Crippen LogP contribution in [0.4, 0.5) is 0 Å². The van der Waals surface area contributed by atoms with E-state index in [4.69, 9.17) is 44.1 Å². The molecule has 0 aliphatic heterocycles. The maximum absolute atomic E-state index is 12.8. The van der Waals surface area contributed by atoms with Crippen molar-refractivity contribution in [3.05, 3.63) is 5.89 Å². The van der Waals surface area contributed by atoms with Gasteiger partial charge in [-0.1, -0.05) is 60.4 Å². The molecule has 0 saturated heterocycles. The molecule has 0 bridgehead atoms. The van der Waals surface area contributed by atoms with Gasteiger partial charge in [0.05, 0.1) is 0 Å². The summed E-state index contributed by atoms with van der Waals surface area (Å²) in [5.41, 5.74) is 0. The highest BCUT2D eigenvalue weighted by Gasteiger charge is 2.33. The van der Waals surface area contributed by atoms with E-state index in [1.165, 1.54) is 11.8 Å². The molecule has 0 radical (unpaired) electrons. The Morgan fingerprint density at radius 1 is 1.32 bits per heavy atom. The number of Topliss-reactive ketones (excluding diaryl/α,β-unsaturated/α-hetero) is 1. The predicted octanol–water partition coefficient (Wildman–Crippen LogP) is 3.50. The molecule has 0 N–H and O–H groups in total. The number of nitrogens with zero attached hydrogens (tertiary/aromatic N) is 4. The summed E-state index contributed by atoms with van der Waals surface area (Å²) in [5, 5.41) is 8.76. The largest absolute Gasteiger partial charge is 0.408 e. The third-order valence-electron chi connectivity index (χ3n) is 3.17. The van der Waals surface area contributed by atoms with Crippen LogP contribution in [0.3, 0.4) is 0 Å². The Labute approximate surface area is 189 Å². The first kappa shape index (κ1) is 27.7. The predicted molar refractivity (Wildman–Crippen MR) is 113 cm³/mol. The zero-order valence-electron chi connectivity index (χ0n) is 15.9. The van der Waals surface area contributed by atoms with Crippen LogP contribution in [0.1, 0.15) is 31.0 Å². The van der Waals surface area contributed by atoms with Crippen LogP contribution in [-0.2, 0) is 9.63 Å². The fourth-order valence-electron chi connectivity index (χ4n) is 1.94. The lowest BCUT2D eigenvalue weighted by atomic mass is 10.00. The molecule has 0 spiro atoms. The average molecular weight is 498 g/mol. The van der Waals surface area contributed by atoms with Crippen molar-refractivity contribution in [2.24, 2.45) is 5.92 Å². The molecule has 1 amide bonds. The molecule has 1 heterocycles. The van der Waals surface area contributed by atoms with Crippen LogP contribution >= 0.6 is 59.0 Å². The third kappa shape index (κ3) is 10.5. The molecule has 0 aliphatic carbocycles. The number of alkyl halides is 3. The van der Waals surface area contributed by atoms with Gasteiger partial charge in [0.2, 0.25) is 16.0 Å². The van der Waals surface area contributed by atoms with Crippen LogP contribution in [0.25, 0.3) is 0 Å². The lowest BCUT2D eigenvalue weighted by Gasteiger charge is -2.27. The SMILES string of the molecule is CC(C)CC(C(=O)c1nnc(SCCN(C)C)o1)N(C=O)OCC(Cl)(Cl)Cl.Cl. The maximum Gasteiger partial charge on any atom is 0.287 e. The second kappa shape index (κ2) is 13.1. The molecule has 0 saturated carbocycles. The molecule has 28 heavy (non-hydrogen) atoms. The summed E-state index contributed by atoms with van der Waals surface area (Å²) >= 11 is 18.3. The number of thioether (sulfide) groups is 1. The molecule has 1 aromatic rings. The summed E-state index contributed by atoms with van der Waals surface area (Å²) in [6.45, 7) is 4.22. The molecule has 0 aromatic carbocycles. The van der Waals surface area contributed by atoms with E-state index in [1.807, 2.05) is 32.8 Å². The maximum atomic E-state index is 12.8. The molecule has 1 atom stereocenters. The van der Waals surface area contributed by atoms with Crippen LogP contribution in [0.15, 0.2) is 9.64 Å². The second-order valence-corrected chi connectivity index (χ2v) is 9.95. The molecule has 0 aliphatic rings. The molecule has 1 rings (SSSR count). The number of amides is 1. The van der Waals surface area contributed by atoms with Gasteiger partial charge in [0, 0.05) is 12.3 Å². The lowest BCUT2D eigenvalue weighted by Crippen LogP contribution is -2.43. The van der Waals surface area contributed by atoms with Crippen LogP contribution < -0.4 is 0 Å². The van der Waals surface area contributed by atoms with E-state index in [0.29, 0.717) is 12.8 Å². The van der Waals surface area contributed by atoms with Crippen LogP contribution in [0.5, 0.6) is 0 Å². The first-order valence-corrected chi connectivity index (χ1v) is 10.2. The summed E-state index contributed by atoms with van der Waals surface area (Å²) in [6.07, 6.45) is 0.674. The number of carbonyl (C=O) groups excluding carboxylic acids is 2. The number of aromatic nitrogens is 2. The fraction of sp³-hybridized carbons (Fsp3) is 0.733. The summed E-state index contributed by atoms with van der Waals surface area (Å²) in [5.74, 6) is 0.0736. The first-order valence-electron chi connectivity index (χ1n) is 8.12. The van der Waals surface area contributed by atoms with Crippen molar-refractivity contribution in [2.45, 2.75) is 35.3 Å². The van der Waals surface area contributed by atoms with Crippen molar-refractivity contribution in [1.29, 1.82) is 0 Å². The number of carbonyl (C=O) groups is 2. The Balaban J connectivity index is 0.00000729. The topological polar surface area (TPSA) is 88.8 Å². The molecular formula is C15H24Cl4N4O4S. The van der Waals surface area contributed by atoms with E-state index in [2.05, 4.69) is 10.2 Å². The number of ketones is 1. The van der Waals surface area contributed by atoms with Crippen molar-refractivity contribution in [2.75, 3.05) is 33.0 Å². The van der Waals surface area contributed by atoms with Crippen molar-refractivity contribution in [1.82, 2.24) is 20.2 Å². The lowest BCUT2D eigenvalue weighted by molar-refractivity contribution is -0.181. The van der Waals surface area contributed by atoms with Crippen LogP contribution in [0, 0.1) is 5.92 Å². The van der Waals surface area contributed by atoms with Crippen LogP contribution in [-0.4, -0.2) is 75.2 Å². The van der Waals surface area contributed by atoms with E-state index >= 15 is 0 Å². The van der Waals surface area contributed by atoms with Gasteiger partial charge in [-0.15, -0.1) is 22.6 Å². The van der Waals surface area contributed by atoms with Gasteiger partial charge in [-0.25, -0.2) is 5.06 Å². The van der Waals surface area contributed by atoms with Crippen molar-refractivity contribution in [3.8, 4) is 0 Å². The number of rotatable bonds is 12. The normalized spacial score (nSPS) is 12.8. The van der Waals surface area contributed by atoms with Gasteiger partial charge in [-0.3, -0.25) is 14.4 Å². The zero-order valence-corrected chi connectivity index (χ0v) is 19.8. The number of hydrogen-bond acceptors (Lipinski definition) is 8. The quantitative estimate of drug-likeness (QED) is 0.142. The Bertz CT molecular complexity index is 613. The van der Waals surface area contributed by atoms with E-state index < -0.39 is 22.2 Å². The van der Waals surface area contributed by atoms with Gasteiger partial charge >= 0.3 is 0 Å². The first-order chi connectivity index (χ1) is 12.5. The zero-order chi connectivity index (χ0) is 20.6. The molecule has 8 nitrogen and oxygen atoms in total. The van der Waals surface area contributed by atoms with Crippen molar-refractivity contribution < 1.29 is 18.8 Å². The molecule has 1 unspecified atom stereocenters. The summed E-state index contributed by atoms with van der Waals surface area (Å²) < 4.78 is 3.70. The molecule has 1 aromatic heterocycles. The van der Waals surface area contributed by atoms with Gasteiger partial charge in [-0.2, -0.15) is 0 Å². The van der Waals surface area contributed by atoms with Gasteiger partial charge in [-0.05, 0) is 26.4 Å².